The first kappa shape index (κ1) is 14.1. The lowest BCUT2D eigenvalue weighted by molar-refractivity contribution is 0.0389. The van der Waals surface area contributed by atoms with E-state index in [0.717, 1.165) is 19.4 Å². The van der Waals surface area contributed by atoms with Gasteiger partial charge < -0.3 is 4.90 Å². The SMILES string of the molecule is O=C(c1cccc(F)c1Br)N1CCC[C@H]2CCCC[C@H]21. The highest BCUT2D eigenvalue weighted by Crippen LogP contribution is 2.36. The molecule has 2 nitrogen and oxygen atoms in total. The van der Waals surface area contributed by atoms with Crippen molar-refractivity contribution in [3.8, 4) is 0 Å². The fourth-order valence-corrected chi connectivity index (χ4v) is 4.13. The number of hydrogen-bond acceptors (Lipinski definition) is 1. The Morgan fingerprint density at radius 1 is 1.20 bits per heavy atom. The van der Waals surface area contributed by atoms with Crippen LogP contribution in [0.1, 0.15) is 48.9 Å². The summed E-state index contributed by atoms with van der Waals surface area (Å²) in [6.45, 7) is 0.808. The van der Waals surface area contributed by atoms with Gasteiger partial charge >= 0.3 is 0 Å². The Morgan fingerprint density at radius 3 is 2.80 bits per heavy atom. The Balaban J connectivity index is 1.87. The van der Waals surface area contributed by atoms with Gasteiger partial charge in [-0.2, -0.15) is 0 Å². The molecule has 1 aromatic rings. The van der Waals surface area contributed by atoms with Gasteiger partial charge in [-0.25, -0.2) is 4.39 Å². The number of nitrogens with zero attached hydrogens (tertiary/aromatic N) is 1. The average Bonchev–Trinajstić information content (AvgIpc) is 2.49. The highest BCUT2D eigenvalue weighted by molar-refractivity contribution is 9.10. The van der Waals surface area contributed by atoms with Gasteiger partial charge in [0.1, 0.15) is 5.82 Å². The van der Waals surface area contributed by atoms with Gasteiger partial charge in [0, 0.05) is 12.6 Å². The van der Waals surface area contributed by atoms with Crippen molar-refractivity contribution in [2.24, 2.45) is 5.92 Å². The third kappa shape index (κ3) is 2.50. The van der Waals surface area contributed by atoms with Crippen LogP contribution in [0.3, 0.4) is 0 Å². The van der Waals surface area contributed by atoms with E-state index in [-0.39, 0.29) is 11.7 Å². The standard InChI is InChI=1S/C16H19BrFNO/c17-15-12(7-3-8-13(15)18)16(20)19-10-4-6-11-5-1-2-9-14(11)19/h3,7-8,11,14H,1-2,4-6,9-10H2/t11-,14-/m1/s1. The van der Waals surface area contributed by atoms with Gasteiger partial charge in [-0.3, -0.25) is 4.79 Å². The first-order chi connectivity index (χ1) is 9.68. The number of carbonyl (C=O) groups excluding carboxylic acids is 1. The molecule has 1 saturated carbocycles. The maximum atomic E-state index is 13.6. The van der Waals surface area contributed by atoms with E-state index in [1.54, 1.807) is 12.1 Å². The highest BCUT2D eigenvalue weighted by atomic mass is 79.9. The van der Waals surface area contributed by atoms with Crippen molar-refractivity contribution in [1.82, 2.24) is 4.90 Å². The summed E-state index contributed by atoms with van der Waals surface area (Å²) in [5, 5.41) is 0. The molecule has 0 spiro atoms. The number of likely N-dealkylation sites (tertiary alicyclic amines) is 1. The van der Waals surface area contributed by atoms with Crippen LogP contribution in [0.2, 0.25) is 0 Å². The molecule has 0 unspecified atom stereocenters. The predicted molar refractivity (Wildman–Crippen MR) is 80.1 cm³/mol. The van der Waals surface area contributed by atoms with Crippen molar-refractivity contribution in [1.29, 1.82) is 0 Å². The van der Waals surface area contributed by atoms with Crippen LogP contribution in [-0.2, 0) is 0 Å². The predicted octanol–water partition coefficient (Wildman–Crippen LogP) is 4.38. The van der Waals surface area contributed by atoms with Gasteiger partial charge in [-0.05, 0) is 59.7 Å². The normalized spacial score (nSPS) is 26.2. The molecule has 1 aliphatic carbocycles. The zero-order valence-corrected chi connectivity index (χ0v) is 13.0. The van der Waals surface area contributed by atoms with E-state index in [2.05, 4.69) is 15.9 Å². The van der Waals surface area contributed by atoms with Crippen LogP contribution in [0.15, 0.2) is 22.7 Å². The number of halogens is 2. The molecule has 1 amide bonds. The molecule has 4 heteroatoms. The number of amides is 1. The molecule has 0 aromatic heterocycles. The average molecular weight is 340 g/mol. The molecule has 3 rings (SSSR count). The van der Waals surface area contributed by atoms with E-state index in [4.69, 9.17) is 0 Å². The van der Waals surface area contributed by atoms with Crippen molar-refractivity contribution in [3.63, 3.8) is 0 Å². The number of hydrogen-bond donors (Lipinski definition) is 0. The van der Waals surface area contributed by atoms with E-state index in [1.807, 2.05) is 4.90 Å². The topological polar surface area (TPSA) is 20.3 Å². The van der Waals surface area contributed by atoms with Crippen LogP contribution in [0.4, 0.5) is 4.39 Å². The molecule has 108 valence electrons. The fraction of sp³-hybridized carbons (Fsp3) is 0.562. The first-order valence-corrected chi connectivity index (χ1v) is 8.23. The van der Waals surface area contributed by atoms with Crippen LogP contribution < -0.4 is 0 Å². The molecule has 1 saturated heterocycles. The second-order valence-corrected chi connectivity index (χ2v) is 6.65. The van der Waals surface area contributed by atoms with Gasteiger partial charge in [0.15, 0.2) is 0 Å². The second-order valence-electron chi connectivity index (χ2n) is 5.85. The number of piperidine rings is 1. The van der Waals surface area contributed by atoms with Gasteiger partial charge in [0.25, 0.3) is 5.91 Å². The summed E-state index contributed by atoms with van der Waals surface area (Å²) >= 11 is 3.21. The minimum Gasteiger partial charge on any atom is -0.335 e. The number of carbonyl (C=O) groups is 1. The van der Waals surface area contributed by atoms with Crippen molar-refractivity contribution < 1.29 is 9.18 Å². The maximum Gasteiger partial charge on any atom is 0.255 e. The van der Waals surface area contributed by atoms with Crippen molar-refractivity contribution in [2.75, 3.05) is 6.54 Å². The number of fused-ring (bicyclic) bond motifs is 1. The molecular formula is C16H19BrFNO. The monoisotopic (exact) mass is 339 g/mol. The summed E-state index contributed by atoms with van der Waals surface area (Å²) in [7, 11) is 0. The summed E-state index contributed by atoms with van der Waals surface area (Å²) in [4.78, 5) is 14.7. The van der Waals surface area contributed by atoms with E-state index >= 15 is 0 Å². The van der Waals surface area contributed by atoms with Crippen molar-refractivity contribution >= 4 is 21.8 Å². The maximum absolute atomic E-state index is 13.6. The number of rotatable bonds is 1. The lowest BCUT2D eigenvalue weighted by Gasteiger charge is -2.44. The van der Waals surface area contributed by atoms with Crippen molar-refractivity contribution in [3.05, 3.63) is 34.1 Å². The molecule has 0 radical (unpaired) electrons. The van der Waals surface area contributed by atoms with Gasteiger partial charge in [0.05, 0.1) is 10.0 Å². The second kappa shape index (κ2) is 5.84. The molecule has 20 heavy (non-hydrogen) atoms. The van der Waals surface area contributed by atoms with Crippen molar-refractivity contribution in [2.45, 2.75) is 44.6 Å². The largest absolute Gasteiger partial charge is 0.335 e. The molecule has 0 bridgehead atoms. The Labute approximate surface area is 127 Å². The fourth-order valence-electron chi connectivity index (χ4n) is 3.70. The molecular weight excluding hydrogens is 321 g/mol. The molecule has 1 aromatic carbocycles. The summed E-state index contributed by atoms with van der Waals surface area (Å²) in [6, 6.07) is 5.05. The van der Waals surface area contributed by atoms with Crippen LogP contribution in [0, 0.1) is 11.7 Å². The Bertz CT molecular complexity index is 517. The minimum absolute atomic E-state index is 0.0204. The molecule has 1 heterocycles. The van der Waals surface area contributed by atoms with E-state index in [9.17, 15) is 9.18 Å². The Kier molecular flexibility index (Phi) is 4.11. The summed E-state index contributed by atoms with van der Waals surface area (Å²) in [5.41, 5.74) is 0.455. The van der Waals surface area contributed by atoms with Gasteiger partial charge in [-0.1, -0.05) is 18.9 Å². The van der Waals surface area contributed by atoms with E-state index in [1.165, 1.54) is 31.7 Å². The van der Waals surface area contributed by atoms with E-state index in [0.29, 0.717) is 22.0 Å². The first-order valence-electron chi connectivity index (χ1n) is 7.43. The van der Waals surface area contributed by atoms with Crippen LogP contribution in [-0.4, -0.2) is 23.4 Å². The third-order valence-electron chi connectivity index (χ3n) is 4.69. The highest BCUT2D eigenvalue weighted by Gasteiger charge is 2.36. The van der Waals surface area contributed by atoms with Crippen LogP contribution in [0.25, 0.3) is 0 Å². The zero-order chi connectivity index (χ0) is 14.1. The van der Waals surface area contributed by atoms with E-state index < -0.39 is 0 Å². The van der Waals surface area contributed by atoms with Crippen LogP contribution >= 0.6 is 15.9 Å². The Morgan fingerprint density at radius 2 is 1.95 bits per heavy atom. The summed E-state index contributed by atoms with van der Waals surface area (Å²) in [5.74, 6) is 0.259. The molecule has 2 fully saturated rings. The lowest BCUT2D eigenvalue weighted by Crippen LogP contribution is -2.49. The van der Waals surface area contributed by atoms with Gasteiger partial charge in [-0.15, -0.1) is 0 Å². The van der Waals surface area contributed by atoms with Gasteiger partial charge in [0.2, 0.25) is 0 Å². The quantitative estimate of drug-likeness (QED) is 0.743. The zero-order valence-electron chi connectivity index (χ0n) is 11.4. The smallest absolute Gasteiger partial charge is 0.255 e. The summed E-state index contributed by atoms with van der Waals surface area (Å²) < 4.78 is 13.9. The third-order valence-corrected chi connectivity index (χ3v) is 5.49. The molecule has 2 aliphatic rings. The summed E-state index contributed by atoms with van der Waals surface area (Å²) in [6.07, 6.45) is 7.13. The molecule has 2 atom stereocenters. The van der Waals surface area contributed by atoms with Crippen LogP contribution in [0.5, 0.6) is 0 Å². The molecule has 1 aliphatic heterocycles. The lowest BCUT2D eigenvalue weighted by atomic mass is 9.78. The molecule has 0 N–H and O–H groups in total. The number of benzene rings is 1. The Hall–Kier alpha value is -0.900. The minimum atomic E-state index is -0.368.